The van der Waals surface area contributed by atoms with Gasteiger partial charge in [-0.05, 0) is 6.42 Å². The van der Waals surface area contributed by atoms with E-state index in [1.54, 1.807) is 22.7 Å². The maximum absolute atomic E-state index is 6.12. The summed E-state index contributed by atoms with van der Waals surface area (Å²) in [4.78, 5) is 17.8. The third-order valence-electron chi connectivity index (χ3n) is 3.60. The van der Waals surface area contributed by atoms with Crippen LogP contribution >= 0.6 is 22.7 Å². The molecule has 6 nitrogen and oxygen atoms in total. The van der Waals surface area contributed by atoms with Gasteiger partial charge in [0.2, 0.25) is 0 Å². The number of guanidine groups is 1. The topological polar surface area (TPSA) is 70.6 Å². The number of thiazole rings is 2. The number of aromatic nitrogens is 2. The van der Waals surface area contributed by atoms with Crippen LogP contribution in [0.15, 0.2) is 21.9 Å². The van der Waals surface area contributed by atoms with E-state index in [1.165, 1.54) is 0 Å². The molecule has 1 aliphatic heterocycles. The molecule has 0 bridgehead atoms. The van der Waals surface area contributed by atoms with Gasteiger partial charge >= 0.3 is 0 Å². The van der Waals surface area contributed by atoms with Crippen LogP contribution in [0.25, 0.3) is 0 Å². The number of hydrogen-bond donors (Lipinski definition) is 1. The fraction of sp³-hybridized carbons (Fsp3) is 0.500. The molecule has 22 heavy (non-hydrogen) atoms. The van der Waals surface area contributed by atoms with Crippen LogP contribution in [0, 0.1) is 0 Å². The molecule has 0 aliphatic carbocycles. The van der Waals surface area contributed by atoms with Crippen LogP contribution in [0.5, 0.6) is 0 Å². The highest BCUT2D eigenvalue weighted by molar-refractivity contribution is 7.13. The lowest BCUT2D eigenvalue weighted by molar-refractivity contribution is 0.380. The molecule has 2 aromatic heterocycles. The van der Waals surface area contributed by atoms with Gasteiger partial charge in [-0.2, -0.15) is 0 Å². The molecule has 1 fully saturated rings. The Morgan fingerprint density at radius 3 is 2.77 bits per heavy atom. The molecule has 1 saturated heterocycles. The standard InChI is InChI=1S/C14H20N6S2/c1-2-12-18-11(10-22-12)9-17-13(15)19-4-6-20(7-5-19)14-16-3-8-21-14/h3,8,10H,2,4-7,9H2,1H3,(H2,15,17). The molecule has 0 spiro atoms. The van der Waals surface area contributed by atoms with E-state index in [1.807, 2.05) is 11.6 Å². The first-order valence-electron chi connectivity index (χ1n) is 7.39. The first-order chi connectivity index (χ1) is 10.8. The molecule has 0 aromatic carbocycles. The van der Waals surface area contributed by atoms with E-state index in [-0.39, 0.29) is 0 Å². The Balaban J connectivity index is 1.52. The summed E-state index contributed by atoms with van der Waals surface area (Å²) >= 11 is 3.37. The number of nitrogens with zero attached hydrogens (tertiary/aromatic N) is 5. The Morgan fingerprint density at radius 2 is 2.14 bits per heavy atom. The fourth-order valence-corrected chi connectivity index (χ4v) is 3.78. The molecule has 0 atom stereocenters. The number of aryl methyl sites for hydroxylation is 1. The van der Waals surface area contributed by atoms with Gasteiger partial charge in [0.1, 0.15) is 0 Å². The zero-order chi connectivity index (χ0) is 15.4. The van der Waals surface area contributed by atoms with E-state index in [9.17, 15) is 0 Å². The van der Waals surface area contributed by atoms with Crippen molar-refractivity contribution in [3.8, 4) is 0 Å². The van der Waals surface area contributed by atoms with Crippen molar-refractivity contribution in [2.45, 2.75) is 19.9 Å². The lowest BCUT2D eigenvalue weighted by Crippen LogP contribution is -2.51. The Kier molecular flexibility index (Phi) is 4.89. The summed E-state index contributed by atoms with van der Waals surface area (Å²) in [5, 5.41) is 6.32. The van der Waals surface area contributed by atoms with E-state index in [2.05, 4.69) is 37.1 Å². The average Bonchev–Trinajstić information content (AvgIpc) is 3.24. The van der Waals surface area contributed by atoms with Gasteiger partial charge in [0.25, 0.3) is 0 Å². The van der Waals surface area contributed by atoms with Crippen LogP contribution in [0.4, 0.5) is 5.13 Å². The summed E-state index contributed by atoms with van der Waals surface area (Å²) in [7, 11) is 0. The van der Waals surface area contributed by atoms with E-state index in [0.29, 0.717) is 12.5 Å². The van der Waals surface area contributed by atoms with Crippen molar-refractivity contribution >= 4 is 33.8 Å². The van der Waals surface area contributed by atoms with Crippen molar-refractivity contribution in [2.24, 2.45) is 10.7 Å². The highest BCUT2D eigenvalue weighted by Crippen LogP contribution is 2.18. The van der Waals surface area contributed by atoms with Crippen molar-refractivity contribution in [1.82, 2.24) is 14.9 Å². The van der Waals surface area contributed by atoms with Gasteiger partial charge in [-0.1, -0.05) is 6.92 Å². The van der Waals surface area contributed by atoms with Crippen LogP contribution < -0.4 is 10.6 Å². The van der Waals surface area contributed by atoms with Gasteiger partial charge in [-0.15, -0.1) is 22.7 Å². The molecule has 3 heterocycles. The Hall–Kier alpha value is -1.67. The Bertz CT molecular complexity index is 613. The second kappa shape index (κ2) is 7.06. The molecule has 118 valence electrons. The predicted octanol–water partition coefficient (Wildman–Crippen LogP) is 1.80. The molecule has 0 unspecified atom stereocenters. The van der Waals surface area contributed by atoms with Crippen molar-refractivity contribution in [1.29, 1.82) is 0 Å². The van der Waals surface area contributed by atoms with Gasteiger partial charge in [-0.3, -0.25) is 0 Å². The maximum atomic E-state index is 6.12. The summed E-state index contributed by atoms with van der Waals surface area (Å²) in [6, 6.07) is 0. The zero-order valence-corrected chi connectivity index (χ0v) is 14.2. The summed E-state index contributed by atoms with van der Waals surface area (Å²) in [5.74, 6) is 0.616. The van der Waals surface area contributed by atoms with Gasteiger partial charge in [0, 0.05) is 43.1 Å². The molecule has 1 aliphatic rings. The summed E-state index contributed by atoms with van der Waals surface area (Å²) in [6.07, 6.45) is 2.82. The molecule has 0 amide bonds. The number of piperazine rings is 1. The molecule has 3 rings (SSSR count). The number of anilines is 1. The van der Waals surface area contributed by atoms with Crippen LogP contribution in [0.3, 0.4) is 0 Å². The molecular weight excluding hydrogens is 316 g/mol. The second-order valence-electron chi connectivity index (χ2n) is 5.05. The van der Waals surface area contributed by atoms with Crippen LogP contribution in [-0.4, -0.2) is 47.0 Å². The van der Waals surface area contributed by atoms with E-state index in [4.69, 9.17) is 5.73 Å². The molecule has 8 heteroatoms. The van der Waals surface area contributed by atoms with E-state index >= 15 is 0 Å². The maximum Gasteiger partial charge on any atom is 0.191 e. The monoisotopic (exact) mass is 336 g/mol. The van der Waals surface area contributed by atoms with Gasteiger partial charge in [-0.25, -0.2) is 15.0 Å². The Morgan fingerprint density at radius 1 is 1.32 bits per heavy atom. The molecule has 0 radical (unpaired) electrons. The predicted molar refractivity (Wildman–Crippen MR) is 92.7 cm³/mol. The van der Waals surface area contributed by atoms with Crippen LogP contribution in [-0.2, 0) is 13.0 Å². The van der Waals surface area contributed by atoms with Crippen molar-refractivity contribution in [2.75, 3.05) is 31.1 Å². The first kappa shape index (κ1) is 15.2. The average molecular weight is 336 g/mol. The van der Waals surface area contributed by atoms with Gasteiger partial charge in [0.05, 0.1) is 17.2 Å². The summed E-state index contributed by atoms with van der Waals surface area (Å²) in [5.41, 5.74) is 7.13. The van der Waals surface area contributed by atoms with E-state index in [0.717, 1.165) is 48.4 Å². The first-order valence-corrected chi connectivity index (χ1v) is 9.14. The SMILES string of the molecule is CCc1nc(CN=C(N)N2CCN(c3nccs3)CC2)cs1. The minimum atomic E-state index is 0.565. The number of hydrogen-bond acceptors (Lipinski definition) is 6. The smallest absolute Gasteiger partial charge is 0.191 e. The lowest BCUT2D eigenvalue weighted by atomic mass is 10.3. The lowest BCUT2D eigenvalue weighted by Gasteiger charge is -2.35. The van der Waals surface area contributed by atoms with Gasteiger partial charge in [0.15, 0.2) is 11.1 Å². The second-order valence-corrected chi connectivity index (χ2v) is 6.87. The fourth-order valence-electron chi connectivity index (χ4n) is 2.34. The minimum Gasteiger partial charge on any atom is -0.370 e. The summed E-state index contributed by atoms with van der Waals surface area (Å²) in [6.45, 7) is 6.30. The number of aliphatic imine (C=N–C) groups is 1. The highest BCUT2D eigenvalue weighted by atomic mass is 32.1. The number of nitrogens with two attached hydrogens (primary N) is 1. The van der Waals surface area contributed by atoms with E-state index < -0.39 is 0 Å². The quantitative estimate of drug-likeness (QED) is 0.681. The van der Waals surface area contributed by atoms with Crippen molar-refractivity contribution in [3.63, 3.8) is 0 Å². The molecular formula is C14H20N6S2. The molecule has 2 N–H and O–H groups in total. The van der Waals surface area contributed by atoms with Gasteiger partial charge < -0.3 is 15.5 Å². The van der Waals surface area contributed by atoms with Crippen LogP contribution in [0.2, 0.25) is 0 Å². The normalized spacial score (nSPS) is 16.3. The van der Waals surface area contributed by atoms with Crippen molar-refractivity contribution < 1.29 is 0 Å². The highest BCUT2D eigenvalue weighted by Gasteiger charge is 2.19. The van der Waals surface area contributed by atoms with Crippen molar-refractivity contribution in [3.05, 3.63) is 27.7 Å². The molecule has 0 saturated carbocycles. The summed E-state index contributed by atoms with van der Waals surface area (Å²) < 4.78 is 0. The number of rotatable bonds is 4. The largest absolute Gasteiger partial charge is 0.370 e. The zero-order valence-electron chi connectivity index (χ0n) is 12.6. The third kappa shape index (κ3) is 3.56. The molecule has 2 aromatic rings. The Labute approximate surface area is 138 Å². The third-order valence-corrected chi connectivity index (χ3v) is 5.47. The van der Waals surface area contributed by atoms with Crippen LogP contribution in [0.1, 0.15) is 17.6 Å². The minimum absolute atomic E-state index is 0.565.